The average Bonchev–Trinajstić information content (AvgIpc) is 2.92. The van der Waals surface area contributed by atoms with Gasteiger partial charge in [-0.25, -0.2) is 0 Å². The van der Waals surface area contributed by atoms with Crippen LogP contribution >= 0.6 is 0 Å². The van der Waals surface area contributed by atoms with E-state index >= 15 is 0 Å². The van der Waals surface area contributed by atoms with Crippen LogP contribution in [-0.2, 0) is 11.4 Å². The third kappa shape index (κ3) is 3.36. The van der Waals surface area contributed by atoms with E-state index in [9.17, 15) is 4.79 Å². The lowest BCUT2D eigenvalue weighted by atomic mass is 9.84. The van der Waals surface area contributed by atoms with Crippen molar-refractivity contribution in [2.45, 2.75) is 37.8 Å². The van der Waals surface area contributed by atoms with Gasteiger partial charge in [0.25, 0.3) is 0 Å². The van der Waals surface area contributed by atoms with E-state index in [0.29, 0.717) is 6.61 Å². The quantitative estimate of drug-likeness (QED) is 0.705. The summed E-state index contributed by atoms with van der Waals surface area (Å²) in [5.41, 5.74) is 5.83. The van der Waals surface area contributed by atoms with Gasteiger partial charge in [-0.3, -0.25) is 4.79 Å². The largest absolute Gasteiger partial charge is 0.494 e. The first-order valence-electron chi connectivity index (χ1n) is 7.44. The van der Waals surface area contributed by atoms with Gasteiger partial charge in [-0.2, -0.15) is 0 Å². The summed E-state index contributed by atoms with van der Waals surface area (Å²) in [5.74, 6) is 0.685. The van der Waals surface area contributed by atoms with Crippen molar-refractivity contribution in [3.8, 4) is 5.75 Å². The van der Waals surface area contributed by atoms with Gasteiger partial charge in [-0.05, 0) is 49.9 Å². The van der Waals surface area contributed by atoms with Crippen LogP contribution in [0.4, 0.5) is 0 Å². The van der Waals surface area contributed by atoms with Crippen LogP contribution in [0.1, 0.15) is 31.2 Å². The van der Waals surface area contributed by atoms with E-state index in [1.165, 1.54) is 0 Å². The van der Waals surface area contributed by atoms with E-state index in [-0.39, 0.29) is 18.4 Å². The van der Waals surface area contributed by atoms with Crippen LogP contribution in [0.15, 0.2) is 24.3 Å². The molecule has 0 spiro atoms. The molecular weight excluding hydrogens is 268 g/mol. The third-order valence-electron chi connectivity index (χ3n) is 4.52. The van der Waals surface area contributed by atoms with E-state index in [0.717, 1.165) is 37.0 Å². The number of likely N-dealkylation sites (N-methyl/N-ethyl adjacent to an activating group) is 1. The Morgan fingerprint density at radius 1 is 1.57 bits per heavy atom. The number of amides is 1. The number of aliphatic hydroxyl groups is 1. The van der Waals surface area contributed by atoms with E-state index in [1.54, 1.807) is 7.05 Å². The highest BCUT2D eigenvalue weighted by molar-refractivity contribution is 5.85. The second kappa shape index (κ2) is 6.91. The molecule has 1 fully saturated rings. The average molecular weight is 292 g/mol. The van der Waals surface area contributed by atoms with Crippen LogP contribution in [0.25, 0.3) is 0 Å². The molecule has 4 N–H and O–H groups in total. The maximum absolute atomic E-state index is 11.8. The van der Waals surface area contributed by atoms with Gasteiger partial charge >= 0.3 is 0 Å². The molecule has 5 heteroatoms. The number of ether oxygens (including phenoxy) is 1. The normalized spacial score (nSPS) is 25.0. The third-order valence-corrected chi connectivity index (χ3v) is 4.52. The lowest BCUT2D eigenvalue weighted by Gasteiger charge is -2.32. The topological polar surface area (TPSA) is 84.6 Å². The molecule has 1 aliphatic rings. The highest BCUT2D eigenvalue weighted by Gasteiger charge is 2.46. The monoisotopic (exact) mass is 292 g/mol. The minimum Gasteiger partial charge on any atom is -0.494 e. The molecule has 116 valence electrons. The smallest absolute Gasteiger partial charge is 0.238 e. The molecule has 1 amide bonds. The number of hydrogen-bond acceptors (Lipinski definition) is 4. The molecule has 2 atom stereocenters. The molecule has 2 unspecified atom stereocenters. The molecule has 0 heterocycles. The van der Waals surface area contributed by atoms with Gasteiger partial charge in [0.05, 0.1) is 13.2 Å². The molecule has 1 aromatic carbocycles. The Balaban J connectivity index is 1.92. The highest BCUT2D eigenvalue weighted by atomic mass is 16.5. The first-order chi connectivity index (χ1) is 10.1. The second-order valence-electron chi connectivity index (χ2n) is 5.62. The van der Waals surface area contributed by atoms with Crippen LogP contribution in [0.2, 0.25) is 0 Å². The number of rotatable bonds is 7. The van der Waals surface area contributed by atoms with Gasteiger partial charge in [0.2, 0.25) is 5.91 Å². The fraction of sp³-hybridized carbons (Fsp3) is 0.562. The number of nitrogens with two attached hydrogens (primary N) is 1. The molecular formula is C16H24N2O3. The number of nitrogens with one attached hydrogen (secondary N) is 1. The summed E-state index contributed by atoms with van der Waals surface area (Å²) in [5, 5.41) is 12.2. The van der Waals surface area contributed by atoms with Crippen molar-refractivity contribution in [2.24, 2.45) is 11.7 Å². The molecule has 21 heavy (non-hydrogen) atoms. The maximum atomic E-state index is 11.8. The van der Waals surface area contributed by atoms with Gasteiger partial charge in [0.1, 0.15) is 11.3 Å². The lowest BCUT2D eigenvalue weighted by molar-refractivity contribution is -0.125. The summed E-state index contributed by atoms with van der Waals surface area (Å²) in [6, 6.07) is 7.40. The zero-order valence-corrected chi connectivity index (χ0v) is 12.5. The van der Waals surface area contributed by atoms with E-state index in [4.69, 9.17) is 15.6 Å². The molecule has 2 rings (SSSR count). The minimum atomic E-state index is -0.587. The summed E-state index contributed by atoms with van der Waals surface area (Å²) < 4.78 is 5.74. The first kappa shape index (κ1) is 15.8. The molecule has 5 nitrogen and oxygen atoms in total. The Bertz CT molecular complexity index is 492. The van der Waals surface area contributed by atoms with Gasteiger partial charge in [-0.1, -0.05) is 18.6 Å². The Kier molecular flexibility index (Phi) is 5.20. The van der Waals surface area contributed by atoms with Gasteiger partial charge in [-0.15, -0.1) is 0 Å². The highest BCUT2D eigenvalue weighted by Crippen LogP contribution is 2.37. The second-order valence-corrected chi connectivity index (χ2v) is 5.62. The molecule has 0 bridgehead atoms. The van der Waals surface area contributed by atoms with Crippen LogP contribution < -0.4 is 15.8 Å². The SMILES string of the molecule is CNC1(C(N)=O)CCCC1CCOc1cccc(CO)c1. The van der Waals surface area contributed by atoms with Crippen LogP contribution in [0, 0.1) is 5.92 Å². The van der Waals surface area contributed by atoms with Gasteiger partial charge < -0.3 is 20.9 Å². The van der Waals surface area contributed by atoms with Crippen molar-refractivity contribution >= 4 is 5.91 Å². The molecule has 0 saturated heterocycles. The van der Waals surface area contributed by atoms with E-state index in [1.807, 2.05) is 24.3 Å². The van der Waals surface area contributed by atoms with Gasteiger partial charge in [0, 0.05) is 0 Å². The summed E-state index contributed by atoms with van der Waals surface area (Å²) in [6.07, 6.45) is 3.58. The Labute approximate surface area is 125 Å². The summed E-state index contributed by atoms with van der Waals surface area (Å²) >= 11 is 0. The van der Waals surface area contributed by atoms with Crippen molar-refractivity contribution in [2.75, 3.05) is 13.7 Å². The fourth-order valence-corrected chi connectivity index (χ4v) is 3.30. The van der Waals surface area contributed by atoms with Crippen molar-refractivity contribution in [1.29, 1.82) is 0 Å². The number of carbonyl (C=O) groups is 1. The molecule has 0 aliphatic heterocycles. The maximum Gasteiger partial charge on any atom is 0.238 e. The Hall–Kier alpha value is -1.59. The standard InChI is InChI=1S/C16H24N2O3/c1-18-16(15(17)20)8-3-5-13(16)7-9-21-14-6-2-4-12(10-14)11-19/h2,4,6,10,13,18-19H,3,5,7-9,11H2,1H3,(H2,17,20). The van der Waals surface area contributed by atoms with E-state index in [2.05, 4.69) is 5.32 Å². The van der Waals surface area contributed by atoms with Crippen molar-refractivity contribution < 1.29 is 14.6 Å². The Morgan fingerprint density at radius 2 is 2.38 bits per heavy atom. The zero-order valence-electron chi connectivity index (χ0n) is 12.5. The number of carbonyl (C=O) groups excluding carboxylic acids is 1. The number of hydrogen-bond donors (Lipinski definition) is 3. The van der Waals surface area contributed by atoms with Crippen molar-refractivity contribution in [3.63, 3.8) is 0 Å². The summed E-state index contributed by atoms with van der Waals surface area (Å²) in [4.78, 5) is 11.8. The molecule has 0 radical (unpaired) electrons. The van der Waals surface area contributed by atoms with Crippen LogP contribution in [0.3, 0.4) is 0 Å². The Morgan fingerprint density at radius 3 is 3.05 bits per heavy atom. The van der Waals surface area contributed by atoms with Crippen LogP contribution in [0.5, 0.6) is 5.75 Å². The van der Waals surface area contributed by atoms with Crippen molar-refractivity contribution in [1.82, 2.24) is 5.32 Å². The number of aliphatic hydroxyl groups excluding tert-OH is 1. The minimum absolute atomic E-state index is 0.00433. The fourth-order valence-electron chi connectivity index (χ4n) is 3.30. The predicted octanol–water partition coefficient (Wildman–Crippen LogP) is 1.19. The molecule has 0 aromatic heterocycles. The first-order valence-corrected chi connectivity index (χ1v) is 7.44. The van der Waals surface area contributed by atoms with Crippen LogP contribution in [-0.4, -0.2) is 30.2 Å². The lowest BCUT2D eigenvalue weighted by Crippen LogP contribution is -2.56. The summed E-state index contributed by atoms with van der Waals surface area (Å²) in [7, 11) is 1.80. The molecule has 1 aliphatic carbocycles. The molecule has 1 aromatic rings. The number of benzene rings is 1. The predicted molar refractivity (Wildman–Crippen MR) is 80.8 cm³/mol. The molecule has 1 saturated carbocycles. The number of primary amides is 1. The zero-order chi connectivity index (χ0) is 15.3. The van der Waals surface area contributed by atoms with E-state index < -0.39 is 5.54 Å². The van der Waals surface area contributed by atoms with Gasteiger partial charge in [0.15, 0.2) is 0 Å². The van der Waals surface area contributed by atoms with Crippen molar-refractivity contribution in [3.05, 3.63) is 29.8 Å². The summed E-state index contributed by atoms with van der Waals surface area (Å²) in [6.45, 7) is 0.542.